The highest BCUT2D eigenvalue weighted by Crippen LogP contribution is 2.45. The molecule has 1 amide bonds. The number of fused-ring (bicyclic) bond motifs is 3. The van der Waals surface area contributed by atoms with Gasteiger partial charge >= 0.3 is 5.50 Å². The zero-order chi connectivity index (χ0) is 20.0. The fourth-order valence-electron chi connectivity index (χ4n) is 4.64. The maximum absolute atomic E-state index is 13.5. The van der Waals surface area contributed by atoms with E-state index in [2.05, 4.69) is 10.2 Å². The van der Waals surface area contributed by atoms with Gasteiger partial charge in [-0.1, -0.05) is 6.07 Å². The molecule has 3 aliphatic rings. The number of rotatable bonds is 3. The van der Waals surface area contributed by atoms with Gasteiger partial charge in [0.25, 0.3) is 5.69 Å². The van der Waals surface area contributed by atoms with Gasteiger partial charge < -0.3 is 4.74 Å². The second-order valence-corrected chi connectivity index (χ2v) is 8.99. The fourth-order valence-corrected chi connectivity index (χ4v) is 5.84. The van der Waals surface area contributed by atoms with Gasteiger partial charge in [0.2, 0.25) is 5.91 Å². The van der Waals surface area contributed by atoms with E-state index in [1.54, 1.807) is 18.2 Å². The number of hydrogen-bond donors (Lipinski definition) is 1. The van der Waals surface area contributed by atoms with Crippen molar-refractivity contribution in [2.24, 2.45) is 5.92 Å². The average Bonchev–Trinajstić information content (AvgIpc) is 3.34. The normalized spacial score (nSPS) is 27.3. The van der Waals surface area contributed by atoms with Crippen molar-refractivity contribution in [3.63, 3.8) is 0 Å². The van der Waals surface area contributed by atoms with Gasteiger partial charge in [-0.3, -0.25) is 15.0 Å². The Bertz CT molecular complexity index is 979. The topological polar surface area (TPSA) is 61.7 Å². The number of carbonyl (C=O) groups excluding carboxylic acids is 1. The number of hydrogen-bond acceptors (Lipinski definition) is 5. The van der Waals surface area contributed by atoms with E-state index in [1.165, 1.54) is 23.9 Å². The molecule has 8 heteroatoms. The monoisotopic (exact) mass is 416 g/mol. The van der Waals surface area contributed by atoms with E-state index in [-0.39, 0.29) is 17.6 Å². The second kappa shape index (κ2) is 7.66. The van der Waals surface area contributed by atoms with Crippen LogP contribution in [-0.4, -0.2) is 53.4 Å². The Kier molecular flexibility index (Phi) is 5.01. The first-order valence-electron chi connectivity index (χ1n) is 10.1. The van der Waals surface area contributed by atoms with E-state index < -0.39 is 5.50 Å². The van der Waals surface area contributed by atoms with E-state index in [0.29, 0.717) is 11.7 Å². The third kappa shape index (κ3) is 3.53. The lowest BCUT2D eigenvalue weighted by Gasteiger charge is -2.32. The third-order valence-corrected chi connectivity index (χ3v) is 7.39. The van der Waals surface area contributed by atoms with Crippen LogP contribution in [0.1, 0.15) is 19.3 Å². The minimum Gasteiger partial charge on any atom is -0.379 e. The van der Waals surface area contributed by atoms with Gasteiger partial charge in [0.15, 0.2) is 0 Å². The first kappa shape index (κ1) is 19.0. The molecule has 3 atom stereocenters. The standard InChI is InChI=1S/C21H22FN3O3S/c22-15-3-5-17-13(11-15)2-6-18-19(17)29-21(25(18)27)23-20(26)14-1-4-16(12-14)24-7-9-28-10-8-24/h2-3,5-6,11,14,16,21H,1,4,7-10,12H2/p+1/t14-,16?,21?/m0/s1. The minimum absolute atomic E-state index is 0.0535. The van der Waals surface area contributed by atoms with Crippen LogP contribution >= 0.6 is 11.8 Å². The number of nitroso groups, excluding NO2 is 1. The molecule has 6 nitrogen and oxygen atoms in total. The second-order valence-electron chi connectivity index (χ2n) is 7.90. The van der Waals surface area contributed by atoms with Crippen molar-refractivity contribution in [1.29, 1.82) is 0 Å². The van der Waals surface area contributed by atoms with Crippen LogP contribution in [0.5, 0.6) is 0 Å². The number of thioether (sulfide) groups is 1. The molecule has 152 valence electrons. The Hall–Kier alpha value is -2.03. The van der Waals surface area contributed by atoms with Gasteiger partial charge in [-0.2, -0.15) is 0 Å². The molecular formula is C21H23FN3O3S+. The molecule has 2 fully saturated rings. The average molecular weight is 416 g/mol. The SMILES string of the molecule is O=C(NC1Sc2c(ccc3cc(F)ccc23)[N+]1=O)[C@H]1CCC(N2CCOCC2)C1. The van der Waals surface area contributed by atoms with Crippen molar-refractivity contribution >= 4 is 34.1 Å². The minimum atomic E-state index is -0.685. The molecule has 0 aromatic heterocycles. The Labute approximate surface area is 172 Å². The summed E-state index contributed by atoms with van der Waals surface area (Å²) in [5, 5.41) is 4.52. The zero-order valence-corrected chi connectivity index (χ0v) is 16.8. The molecule has 0 spiro atoms. The molecular weight excluding hydrogens is 393 g/mol. The highest BCUT2D eigenvalue weighted by atomic mass is 32.2. The molecule has 1 saturated carbocycles. The summed E-state index contributed by atoms with van der Waals surface area (Å²) in [6.07, 6.45) is 2.68. The first-order chi connectivity index (χ1) is 14.1. The Morgan fingerprint density at radius 2 is 2.03 bits per heavy atom. The third-order valence-electron chi connectivity index (χ3n) is 6.20. The summed E-state index contributed by atoms with van der Waals surface area (Å²) in [5.41, 5.74) is -0.160. The molecule has 5 rings (SSSR count). The number of ether oxygens (including phenoxy) is 1. The summed E-state index contributed by atoms with van der Waals surface area (Å²) >= 11 is 1.33. The van der Waals surface area contributed by atoms with Gasteiger partial charge in [-0.05, 0) is 54.6 Å². The van der Waals surface area contributed by atoms with Crippen LogP contribution < -0.4 is 5.32 Å². The molecule has 2 heterocycles. The highest BCUT2D eigenvalue weighted by Gasteiger charge is 2.44. The van der Waals surface area contributed by atoms with Crippen molar-refractivity contribution in [2.45, 2.75) is 35.7 Å². The summed E-state index contributed by atoms with van der Waals surface area (Å²) in [7, 11) is 0. The molecule has 0 bridgehead atoms. The zero-order valence-electron chi connectivity index (χ0n) is 16.0. The summed E-state index contributed by atoms with van der Waals surface area (Å²) in [5.74, 6) is -0.422. The van der Waals surface area contributed by atoms with Crippen LogP contribution in [0.15, 0.2) is 35.2 Å². The van der Waals surface area contributed by atoms with Crippen molar-refractivity contribution < 1.29 is 18.7 Å². The summed E-state index contributed by atoms with van der Waals surface area (Å²) in [6, 6.07) is 8.42. The van der Waals surface area contributed by atoms with Gasteiger partial charge in [0, 0.05) is 41.4 Å². The number of morpholine rings is 1. The molecule has 29 heavy (non-hydrogen) atoms. The Balaban J connectivity index is 1.27. The highest BCUT2D eigenvalue weighted by molar-refractivity contribution is 8.00. The van der Waals surface area contributed by atoms with E-state index in [9.17, 15) is 14.1 Å². The predicted molar refractivity (Wildman–Crippen MR) is 109 cm³/mol. The number of benzene rings is 2. The van der Waals surface area contributed by atoms with Crippen molar-refractivity contribution in [3.05, 3.63) is 41.1 Å². The van der Waals surface area contributed by atoms with Crippen molar-refractivity contribution in [2.75, 3.05) is 26.3 Å². The quantitative estimate of drug-likeness (QED) is 0.778. The fraction of sp³-hybridized carbons (Fsp3) is 0.476. The van der Waals surface area contributed by atoms with Gasteiger partial charge in [0.1, 0.15) is 5.82 Å². The maximum Gasteiger partial charge on any atom is 0.335 e. The van der Waals surface area contributed by atoms with E-state index >= 15 is 0 Å². The molecule has 2 aromatic rings. The summed E-state index contributed by atoms with van der Waals surface area (Å²) in [6.45, 7) is 3.37. The summed E-state index contributed by atoms with van der Waals surface area (Å²) < 4.78 is 19.8. The largest absolute Gasteiger partial charge is 0.379 e. The Morgan fingerprint density at radius 3 is 2.86 bits per heavy atom. The predicted octanol–water partition coefficient (Wildman–Crippen LogP) is 3.40. The van der Waals surface area contributed by atoms with Crippen LogP contribution in [0, 0.1) is 16.6 Å². The lowest BCUT2D eigenvalue weighted by atomic mass is 10.1. The van der Waals surface area contributed by atoms with Gasteiger partial charge in [-0.25, -0.2) is 4.39 Å². The van der Waals surface area contributed by atoms with Crippen LogP contribution in [0.2, 0.25) is 0 Å². The molecule has 0 radical (unpaired) electrons. The number of carbonyl (C=O) groups is 1. The van der Waals surface area contributed by atoms with Gasteiger partial charge in [-0.15, -0.1) is 0 Å². The molecule has 1 saturated heterocycles. The molecule has 1 N–H and O–H groups in total. The molecule has 1 aliphatic carbocycles. The lowest BCUT2D eigenvalue weighted by molar-refractivity contribution is -0.480. The van der Waals surface area contributed by atoms with E-state index in [0.717, 1.165) is 66.0 Å². The van der Waals surface area contributed by atoms with Gasteiger partial charge in [0.05, 0.1) is 22.9 Å². The smallest absolute Gasteiger partial charge is 0.335 e. The first-order valence-corrected chi connectivity index (χ1v) is 11.0. The summed E-state index contributed by atoms with van der Waals surface area (Å²) in [4.78, 5) is 28.8. The molecule has 2 aliphatic heterocycles. The maximum atomic E-state index is 13.5. The lowest BCUT2D eigenvalue weighted by Crippen LogP contribution is -2.43. The van der Waals surface area contributed by atoms with Crippen LogP contribution in [-0.2, 0) is 9.53 Å². The van der Waals surface area contributed by atoms with Crippen molar-refractivity contribution in [3.8, 4) is 0 Å². The van der Waals surface area contributed by atoms with Crippen LogP contribution in [0.3, 0.4) is 0 Å². The van der Waals surface area contributed by atoms with E-state index in [1.807, 2.05) is 0 Å². The molecule has 2 unspecified atom stereocenters. The number of amides is 1. The van der Waals surface area contributed by atoms with Crippen LogP contribution in [0.25, 0.3) is 10.8 Å². The van der Waals surface area contributed by atoms with Crippen LogP contribution in [0.4, 0.5) is 10.1 Å². The Morgan fingerprint density at radius 1 is 1.21 bits per heavy atom. The van der Waals surface area contributed by atoms with Crippen molar-refractivity contribution in [1.82, 2.24) is 10.2 Å². The van der Waals surface area contributed by atoms with E-state index in [4.69, 9.17) is 4.74 Å². The number of halogens is 1. The number of nitrogens with one attached hydrogen (secondary N) is 1. The number of nitrogens with zero attached hydrogens (tertiary/aromatic N) is 2. The molecule has 2 aromatic carbocycles.